The number of rotatable bonds is 4. The van der Waals surface area contributed by atoms with Gasteiger partial charge >= 0.3 is 0 Å². The fraction of sp³-hybridized carbons (Fsp3) is 0.154. The highest BCUT2D eigenvalue weighted by Gasteiger charge is 2.21. The van der Waals surface area contributed by atoms with Crippen molar-refractivity contribution in [2.45, 2.75) is 20.8 Å². The van der Waals surface area contributed by atoms with Crippen LogP contribution in [0.15, 0.2) is 54.6 Å². The molecule has 4 nitrogen and oxygen atoms in total. The van der Waals surface area contributed by atoms with E-state index in [1.165, 1.54) is 0 Å². The Labute approximate surface area is 197 Å². The minimum atomic E-state index is -0.265. The van der Waals surface area contributed by atoms with Gasteiger partial charge < -0.3 is 10.1 Å². The summed E-state index contributed by atoms with van der Waals surface area (Å²) in [4.78, 5) is 18.5. The highest BCUT2D eigenvalue weighted by Crippen LogP contribution is 2.34. The third-order valence-corrected chi connectivity index (χ3v) is 6.00. The van der Waals surface area contributed by atoms with Crippen LogP contribution in [-0.4, -0.2) is 18.0 Å². The van der Waals surface area contributed by atoms with Gasteiger partial charge in [-0.25, -0.2) is 4.98 Å². The molecule has 0 fully saturated rings. The Morgan fingerprint density at radius 3 is 2.38 bits per heavy atom. The molecule has 0 spiro atoms. The van der Waals surface area contributed by atoms with Crippen LogP contribution in [0.2, 0.25) is 10.0 Å². The van der Waals surface area contributed by atoms with Gasteiger partial charge in [0.2, 0.25) is 0 Å². The molecular weight excluding hydrogens is 443 g/mol. The molecule has 1 aromatic heterocycles. The average molecular weight is 465 g/mol. The molecule has 0 unspecified atom stereocenters. The van der Waals surface area contributed by atoms with Crippen molar-refractivity contribution in [3.8, 4) is 17.0 Å². The molecule has 0 aliphatic carbocycles. The number of methoxy groups -OCH3 is 1. The van der Waals surface area contributed by atoms with Crippen LogP contribution in [0.5, 0.6) is 5.75 Å². The Morgan fingerprint density at radius 2 is 1.69 bits per heavy atom. The molecule has 0 radical (unpaired) electrons. The summed E-state index contributed by atoms with van der Waals surface area (Å²) in [6.07, 6.45) is 0. The second kappa shape index (κ2) is 8.81. The molecule has 1 N–H and O–H groups in total. The molecule has 0 aliphatic heterocycles. The van der Waals surface area contributed by atoms with Crippen molar-refractivity contribution in [3.63, 3.8) is 0 Å². The Hall–Kier alpha value is -3.08. The van der Waals surface area contributed by atoms with Gasteiger partial charge in [-0.3, -0.25) is 4.79 Å². The van der Waals surface area contributed by atoms with E-state index in [-0.39, 0.29) is 5.91 Å². The molecule has 0 atom stereocenters. The lowest BCUT2D eigenvalue weighted by Gasteiger charge is -2.17. The molecule has 3 aromatic carbocycles. The van der Waals surface area contributed by atoms with Gasteiger partial charge in [0.25, 0.3) is 5.91 Å². The van der Waals surface area contributed by atoms with Gasteiger partial charge in [-0.1, -0.05) is 34.8 Å². The van der Waals surface area contributed by atoms with E-state index in [1.54, 1.807) is 25.3 Å². The van der Waals surface area contributed by atoms with Gasteiger partial charge in [0.15, 0.2) is 0 Å². The first-order valence-electron chi connectivity index (χ1n) is 10.1. The van der Waals surface area contributed by atoms with Crippen LogP contribution in [-0.2, 0) is 0 Å². The number of nitrogens with zero attached hydrogens (tertiary/aromatic N) is 1. The first kappa shape index (κ1) is 22.1. The van der Waals surface area contributed by atoms with Gasteiger partial charge in [-0.15, -0.1) is 0 Å². The number of hydrogen-bond donors (Lipinski definition) is 1. The van der Waals surface area contributed by atoms with E-state index in [9.17, 15) is 4.79 Å². The van der Waals surface area contributed by atoms with Crippen LogP contribution in [0.1, 0.15) is 27.0 Å². The van der Waals surface area contributed by atoms with Crippen molar-refractivity contribution in [2.24, 2.45) is 0 Å². The fourth-order valence-corrected chi connectivity index (χ4v) is 4.25. The number of fused-ring (bicyclic) bond motifs is 1. The van der Waals surface area contributed by atoms with Crippen LogP contribution in [0.25, 0.3) is 22.2 Å². The molecule has 4 aromatic rings. The maximum atomic E-state index is 13.6. The smallest absolute Gasteiger partial charge is 0.256 e. The van der Waals surface area contributed by atoms with E-state index in [0.29, 0.717) is 21.3 Å². The molecule has 6 heteroatoms. The number of aryl methyl sites for hydroxylation is 2. The first-order chi connectivity index (χ1) is 15.3. The van der Waals surface area contributed by atoms with Gasteiger partial charge in [0.1, 0.15) is 5.75 Å². The van der Waals surface area contributed by atoms with E-state index in [0.717, 1.165) is 44.6 Å². The highest BCUT2D eigenvalue weighted by atomic mass is 35.5. The van der Waals surface area contributed by atoms with Crippen molar-refractivity contribution in [1.82, 2.24) is 4.98 Å². The molecule has 0 bridgehead atoms. The van der Waals surface area contributed by atoms with E-state index < -0.39 is 0 Å². The van der Waals surface area contributed by atoms with Crippen LogP contribution < -0.4 is 10.1 Å². The molecule has 4 rings (SSSR count). The number of amides is 1. The minimum Gasteiger partial charge on any atom is -0.497 e. The maximum Gasteiger partial charge on any atom is 0.256 e. The zero-order chi connectivity index (χ0) is 23.0. The molecular formula is C26H22Cl2N2O2. The second-order valence-electron chi connectivity index (χ2n) is 7.75. The summed E-state index contributed by atoms with van der Waals surface area (Å²) in [6.45, 7) is 5.93. The number of hydrogen-bond acceptors (Lipinski definition) is 3. The number of benzene rings is 3. The van der Waals surface area contributed by atoms with Crippen LogP contribution in [0.3, 0.4) is 0 Å². The van der Waals surface area contributed by atoms with E-state index in [2.05, 4.69) is 11.4 Å². The molecule has 0 aliphatic rings. The number of carbonyl (C=O) groups is 1. The molecule has 1 amide bonds. The monoisotopic (exact) mass is 464 g/mol. The predicted octanol–water partition coefficient (Wildman–Crippen LogP) is 7.39. The molecule has 162 valence electrons. The van der Waals surface area contributed by atoms with Gasteiger partial charge in [0.05, 0.1) is 34.6 Å². The van der Waals surface area contributed by atoms with Crippen molar-refractivity contribution in [3.05, 3.63) is 86.9 Å². The highest BCUT2D eigenvalue weighted by molar-refractivity contribution is 6.36. The molecule has 0 saturated carbocycles. The summed E-state index contributed by atoms with van der Waals surface area (Å²) >= 11 is 12.4. The first-order valence-corrected chi connectivity index (χ1v) is 10.9. The van der Waals surface area contributed by atoms with Crippen LogP contribution in [0.4, 0.5) is 5.69 Å². The summed E-state index contributed by atoms with van der Waals surface area (Å²) in [6, 6.07) is 16.7. The Balaban J connectivity index is 1.93. The van der Waals surface area contributed by atoms with Crippen molar-refractivity contribution >= 4 is 45.7 Å². The number of halogens is 2. The van der Waals surface area contributed by atoms with Crippen LogP contribution in [0, 0.1) is 20.8 Å². The lowest BCUT2D eigenvalue weighted by molar-refractivity contribution is 0.102. The van der Waals surface area contributed by atoms with Gasteiger partial charge in [0, 0.05) is 16.0 Å². The predicted molar refractivity (Wildman–Crippen MR) is 132 cm³/mol. The van der Waals surface area contributed by atoms with E-state index >= 15 is 0 Å². The Morgan fingerprint density at radius 1 is 0.969 bits per heavy atom. The quantitative estimate of drug-likeness (QED) is 0.342. The van der Waals surface area contributed by atoms with Crippen molar-refractivity contribution in [2.75, 3.05) is 12.4 Å². The maximum absolute atomic E-state index is 13.6. The third-order valence-electron chi connectivity index (χ3n) is 5.44. The van der Waals surface area contributed by atoms with E-state index in [4.69, 9.17) is 32.9 Å². The summed E-state index contributed by atoms with van der Waals surface area (Å²) in [5.41, 5.74) is 6.30. The largest absolute Gasteiger partial charge is 0.497 e. The molecule has 32 heavy (non-hydrogen) atoms. The summed E-state index contributed by atoms with van der Waals surface area (Å²) in [7, 11) is 1.63. The zero-order valence-corrected chi connectivity index (χ0v) is 19.7. The molecule has 1 heterocycles. The SMILES string of the molecule is COc1ccc(-c2nc3c(C)cc(C)cc3c(C(=O)Nc3cc(Cl)ccc3Cl)c2C)cc1. The van der Waals surface area contributed by atoms with Gasteiger partial charge in [-0.2, -0.15) is 0 Å². The summed E-state index contributed by atoms with van der Waals surface area (Å²) in [5, 5.41) is 4.64. The number of nitrogens with one attached hydrogen (secondary N) is 1. The van der Waals surface area contributed by atoms with E-state index in [1.807, 2.05) is 51.1 Å². The topological polar surface area (TPSA) is 51.2 Å². The second-order valence-corrected chi connectivity index (χ2v) is 8.59. The number of ether oxygens (including phenoxy) is 1. The minimum absolute atomic E-state index is 0.265. The number of anilines is 1. The zero-order valence-electron chi connectivity index (χ0n) is 18.2. The summed E-state index contributed by atoms with van der Waals surface area (Å²) in [5.74, 6) is 0.492. The standard InChI is InChI=1S/C26H22Cl2N2O2/c1-14-11-15(2)24-20(12-14)23(26(31)29-22-13-18(27)7-10-21(22)28)16(3)25(30-24)17-5-8-19(32-4)9-6-17/h5-13H,1-4H3,(H,29,31). The molecule has 0 saturated heterocycles. The van der Waals surface area contributed by atoms with Crippen LogP contribution >= 0.6 is 23.2 Å². The van der Waals surface area contributed by atoms with Gasteiger partial charge in [-0.05, 0) is 80.4 Å². The lowest BCUT2D eigenvalue weighted by atomic mass is 9.94. The Kier molecular flexibility index (Phi) is 6.09. The number of carbonyl (C=O) groups excluding carboxylic acids is 1. The number of pyridine rings is 1. The lowest BCUT2D eigenvalue weighted by Crippen LogP contribution is -2.16. The Bertz CT molecular complexity index is 1350. The average Bonchev–Trinajstić information content (AvgIpc) is 2.76. The van der Waals surface area contributed by atoms with Crippen molar-refractivity contribution < 1.29 is 9.53 Å². The summed E-state index contributed by atoms with van der Waals surface area (Å²) < 4.78 is 5.28. The fourth-order valence-electron chi connectivity index (χ4n) is 3.92. The normalized spacial score (nSPS) is 10.9. The van der Waals surface area contributed by atoms with Crippen molar-refractivity contribution in [1.29, 1.82) is 0 Å². The number of aromatic nitrogens is 1. The third kappa shape index (κ3) is 4.16.